The summed E-state index contributed by atoms with van der Waals surface area (Å²) in [5, 5.41) is 8.93. The summed E-state index contributed by atoms with van der Waals surface area (Å²) in [5.74, 6) is 0. The van der Waals surface area contributed by atoms with E-state index in [1.807, 2.05) is 25.4 Å². The van der Waals surface area contributed by atoms with Crippen LogP contribution < -0.4 is 0 Å². The van der Waals surface area contributed by atoms with Crippen molar-refractivity contribution in [2.24, 2.45) is 0 Å². The molecule has 0 saturated carbocycles. The molecule has 12 heavy (non-hydrogen) atoms. The molecule has 0 bridgehead atoms. The Bertz CT molecular complexity index is 272. The van der Waals surface area contributed by atoms with Crippen LogP contribution in [-0.4, -0.2) is 16.7 Å². The lowest BCUT2D eigenvalue weighted by Crippen LogP contribution is -1.87. The van der Waals surface area contributed by atoms with Gasteiger partial charge in [0.1, 0.15) is 0 Å². The highest BCUT2D eigenvalue weighted by atomic mass is 32.1. The normalized spacial score (nSPS) is 12.1. The number of aryl methyl sites for hydroxylation is 1. The zero-order chi connectivity index (χ0) is 8.97. The number of hydrogen-bond acceptors (Lipinski definition) is 3. The first kappa shape index (κ1) is 9.42. The Morgan fingerprint density at radius 2 is 2.50 bits per heavy atom. The summed E-state index contributed by atoms with van der Waals surface area (Å²) < 4.78 is 0. The van der Waals surface area contributed by atoms with Gasteiger partial charge in [-0.15, -0.1) is 11.3 Å². The van der Waals surface area contributed by atoms with Gasteiger partial charge < -0.3 is 5.11 Å². The van der Waals surface area contributed by atoms with E-state index < -0.39 is 0 Å². The maximum Gasteiger partial charge on any atom is 0.0801 e. The lowest BCUT2D eigenvalue weighted by molar-refractivity contribution is 0.329. The van der Waals surface area contributed by atoms with Gasteiger partial charge in [-0.2, -0.15) is 0 Å². The lowest BCUT2D eigenvalue weighted by atomic mass is 10.2. The van der Waals surface area contributed by atoms with Crippen LogP contribution in [0.15, 0.2) is 11.1 Å². The Morgan fingerprint density at radius 3 is 2.92 bits per heavy atom. The highest BCUT2D eigenvalue weighted by Gasteiger charge is 1.98. The predicted octanol–water partition coefficient (Wildman–Crippen LogP) is 2.24. The van der Waals surface area contributed by atoms with Gasteiger partial charge in [0.2, 0.25) is 0 Å². The molecule has 0 fully saturated rings. The number of aromatic nitrogens is 1. The van der Waals surface area contributed by atoms with Crippen LogP contribution in [0, 0.1) is 6.92 Å². The number of nitrogens with zero attached hydrogens (tertiary/aromatic N) is 1. The van der Waals surface area contributed by atoms with Crippen molar-refractivity contribution in [3.05, 3.63) is 21.7 Å². The van der Waals surface area contributed by atoms with E-state index in [4.69, 9.17) is 5.11 Å². The molecule has 0 aromatic carbocycles. The fraction of sp³-hybridized carbons (Fsp3) is 0.444. The summed E-state index contributed by atoms with van der Waals surface area (Å²) in [6, 6.07) is 0. The van der Waals surface area contributed by atoms with E-state index in [0.29, 0.717) is 0 Å². The molecule has 0 unspecified atom stereocenters. The molecule has 0 radical (unpaired) electrons. The minimum absolute atomic E-state index is 0.147. The predicted molar refractivity (Wildman–Crippen MR) is 52.2 cm³/mol. The van der Waals surface area contributed by atoms with Gasteiger partial charge in [-0.05, 0) is 25.0 Å². The number of aliphatic hydroxyl groups is 1. The van der Waals surface area contributed by atoms with Gasteiger partial charge in [-0.1, -0.05) is 6.92 Å². The van der Waals surface area contributed by atoms with Crippen molar-refractivity contribution >= 4 is 17.4 Å². The van der Waals surface area contributed by atoms with Crippen LogP contribution in [0.1, 0.15) is 23.9 Å². The molecular weight excluding hydrogens is 170 g/mol. The Balaban J connectivity index is 2.85. The molecule has 1 aromatic rings. The summed E-state index contributed by atoms with van der Waals surface area (Å²) in [7, 11) is 0. The van der Waals surface area contributed by atoms with E-state index >= 15 is 0 Å². The van der Waals surface area contributed by atoms with E-state index in [2.05, 4.69) is 4.98 Å². The number of hydrogen-bond donors (Lipinski definition) is 1. The molecule has 0 spiro atoms. The summed E-state index contributed by atoms with van der Waals surface area (Å²) >= 11 is 1.61. The monoisotopic (exact) mass is 183 g/mol. The molecular formula is C9H13NOS. The molecule has 0 saturated heterocycles. The van der Waals surface area contributed by atoms with E-state index in [-0.39, 0.29) is 6.61 Å². The molecule has 1 N–H and O–H groups in total. The third kappa shape index (κ3) is 2.16. The average molecular weight is 183 g/mol. The Labute approximate surface area is 76.6 Å². The molecule has 66 valence electrons. The second kappa shape index (κ2) is 4.38. The van der Waals surface area contributed by atoms with Crippen molar-refractivity contribution in [1.29, 1.82) is 0 Å². The third-order valence-corrected chi connectivity index (χ3v) is 2.65. The number of thiazole rings is 1. The summed E-state index contributed by atoms with van der Waals surface area (Å²) in [5.41, 5.74) is 3.92. The molecule has 0 aliphatic rings. The first-order valence-electron chi connectivity index (χ1n) is 3.98. The van der Waals surface area contributed by atoms with Crippen LogP contribution in [-0.2, 0) is 0 Å². The zero-order valence-corrected chi connectivity index (χ0v) is 8.19. The van der Waals surface area contributed by atoms with Crippen molar-refractivity contribution in [2.75, 3.05) is 6.61 Å². The molecule has 0 aliphatic carbocycles. The van der Waals surface area contributed by atoms with E-state index in [1.165, 1.54) is 0 Å². The van der Waals surface area contributed by atoms with E-state index in [1.54, 1.807) is 11.3 Å². The van der Waals surface area contributed by atoms with E-state index in [0.717, 1.165) is 22.6 Å². The minimum Gasteiger partial charge on any atom is -0.392 e. The largest absolute Gasteiger partial charge is 0.392 e. The van der Waals surface area contributed by atoms with Gasteiger partial charge in [0.25, 0.3) is 0 Å². The molecule has 3 heteroatoms. The first-order valence-corrected chi connectivity index (χ1v) is 4.86. The van der Waals surface area contributed by atoms with Crippen molar-refractivity contribution in [3.63, 3.8) is 0 Å². The van der Waals surface area contributed by atoms with Gasteiger partial charge in [0.05, 0.1) is 17.8 Å². The standard InChI is InChI=1S/C9H13NOS/c1-3-8(5-11)4-9-7(2)10-6-12-9/h4,6,11H,3,5H2,1-2H3. The summed E-state index contributed by atoms with van der Waals surface area (Å²) in [6.45, 7) is 4.17. The van der Waals surface area contributed by atoms with Gasteiger partial charge in [-0.3, -0.25) is 0 Å². The SMILES string of the molecule is CCC(=Cc1scnc1C)CO. The van der Waals surface area contributed by atoms with Crippen molar-refractivity contribution < 1.29 is 5.11 Å². The number of rotatable bonds is 3. The quantitative estimate of drug-likeness (QED) is 0.779. The smallest absolute Gasteiger partial charge is 0.0801 e. The van der Waals surface area contributed by atoms with Gasteiger partial charge in [0, 0.05) is 4.88 Å². The molecule has 0 amide bonds. The minimum atomic E-state index is 0.147. The molecule has 2 nitrogen and oxygen atoms in total. The highest BCUT2D eigenvalue weighted by molar-refractivity contribution is 7.10. The van der Waals surface area contributed by atoms with Crippen LogP contribution in [0.25, 0.3) is 6.08 Å². The van der Waals surface area contributed by atoms with Gasteiger partial charge in [0.15, 0.2) is 0 Å². The zero-order valence-electron chi connectivity index (χ0n) is 7.37. The van der Waals surface area contributed by atoms with Crippen molar-refractivity contribution in [1.82, 2.24) is 4.98 Å². The molecule has 1 heterocycles. The average Bonchev–Trinajstić information content (AvgIpc) is 2.47. The maximum absolute atomic E-state index is 8.93. The third-order valence-electron chi connectivity index (χ3n) is 1.78. The van der Waals surface area contributed by atoms with Crippen molar-refractivity contribution in [3.8, 4) is 0 Å². The Kier molecular flexibility index (Phi) is 3.44. The highest BCUT2D eigenvalue weighted by Crippen LogP contribution is 2.17. The fourth-order valence-corrected chi connectivity index (χ4v) is 1.68. The Hall–Kier alpha value is -0.670. The van der Waals surface area contributed by atoms with Crippen LogP contribution in [0.3, 0.4) is 0 Å². The number of aliphatic hydroxyl groups excluding tert-OH is 1. The van der Waals surface area contributed by atoms with E-state index in [9.17, 15) is 0 Å². The van der Waals surface area contributed by atoms with Crippen LogP contribution >= 0.6 is 11.3 Å². The second-order valence-corrected chi connectivity index (χ2v) is 3.50. The summed E-state index contributed by atoms with van der Waals surface area (Å²) in [4.78, 5) is 5.28. The first-order chi connectivity index (χ1) is 5.77. The fourth-order valence-electron chi connectivity index (χ4n) is 0.894. The maximum atomic E-state index is 8.93. The van der Waals surface area contributed by atoms with Crippen LogP contribution in [0.4, 0.5) is 0 Å². The second-order valence-electron chi connectivity index (χ2n) is 2.62. The van der Waals surface area contributed by atoms with Crippen LogP contribution in [0.2, 0.25) is 0 Å². The summed E-state index contributed by atoms with van der Waals surface area (Å²) in [6.07, 6.45) is 2.92. The lowest BCUT2D eigenvalue weighted by Gasteiger charge is -1.97. The Morgan fingerprint density at radius 1 is 1.75 bits per heavy atom. The molecule has 1 aromatic heterocycles. The molecule has 0 atom stereocenters. The van der Waals surface area contributed by atoms with Gasteiger partial charge in [-0.25, -0.2) is 4.98 Å². The topological polar surface area (TPSA) is 33.1 Å². The van der Waals surface area contributed by atoms with Crippen molar-refractivity contribution in [2.45, 2.75) is 20.3 Å². The molecule has 1 rings (SSSR count). The van der Waals surface area contributed by atoms with Crippen LogP contribution in [0.5, 0.6) is 0 Å². The van der Waals surface area contributed by atoms with Gasteiger partial charge >= 0.3 is 0 Å². The molecule has 0 aliphatic heterocycles.